The molecule has 212 valence electrons. The van der Waals surface area contributed by atoms with Gasteiger partial charge in [-0.05, 0) is 76.1 Å². The fourth-order valence-corrected chi connectivity index (χ4v) is 8.35. The van der Waals surface area contributed by atoms with E-state index in [0.29, 0.717) is 0 Å². The topological polar surface area (TPSA) is 19.6 Å². The maximum atomic E-state index is 6.50. The van der Waals surface area contributed by atoms with E-state index in [-0.39, 0.29) is 6.85 Å². The quantitative estimate of drug-likeness (QED) is 0.189. The Morgan fingerprint density at radius 1 is 0.435 bits per heavy atom. The molecule has 0 aliphatic carbocycles. The van der Waals surface area contributed by atoms with Gasteiger partial charge in [-0.1, -0.05) is 103 Å². The summed E-state index contributed by atoms with van der Waals surface area (Å²) in [7, 11) is 0. The highest BCUT2D eigenvalue weighted by Crippen LogP contribution is 2.52. The molecule has 0 amide bonds. The van der Waals surface area contributed by atoms with Crippen LogP contribution in [0.25, 0.3) is 55.3 Å². The van der Waals surface area contributed by atoms with Gasteiger partial charge in [0.05, 0.1) is 0 Å². The molecule has 0 bridgehead atoms. The molecule has 7 aromatic carbocycles. The number of benzene rings is 7. The second kappa shape index (κ2) is 8.80. The van der Waals surface area contributed by atoms with Crippen LogP contribution in [0.1, 0.15) is 0 Å². The van der Waals surface area contributed by atoms with Gasteiger partial charge >= 0.3 is 6.85 Å². The molecule has 3 aliphatic rings. The van der Waals surface area contributed by atoms with Crippen LogP contribution >= 0.6 is 0 Å². The number of rotatable bonds is 2. The highest BCUT2D eigenvalue weighted by atomic mass is 16.3. The first-order valence-electron chi connectivity index (χ1n) is 15.9. The maximum absolute atomic E-state index is 6.50. The number of para-hydroxylation sites is 4. The van der Waals surface area contributed by atoms with E-state index in [2.05, 4.69) is 155 Å². The molecular formula is C42H25BN2O. The zero-order chi connectivity index (χ0) is 29.9. The molecule has 0 unspecified atom stereocenters. The van der Waals surface area contributed by atoms with E-state index < -0.39 is 0 Å². The predicted molar refractivity (Wildman–Crippen MR) is 192 cm³/mol. The lowest BCUT2D eigenvalue weighted by molar-refractivity contribution is 0.670. The van der Waals surface area contributed by atoms with Crippen molar-refractivity contribution in [2.24, 2.45) is 0 Å². The highest BCUT2D eigenvalue weighted by Gasteiger charge is 2.48. The number of nitrogens with zero attached hydrogens (tertiary/aromatic N) is 2. The van der Waals surface area contributed by atoms with Crippen LogP contribution in [0.3, 0.4) is 0 Å². The van der Waals surface area contributed by atoms with Gasteiger partial charge in [-0.3, -0.25) is 0 Å². The monoisotopic (exact) mass is 584 g/mol. The molecule has 3 nitrogen and oxygen atoms in total. The van der Waals surface area contributed by atoms with Crippen LogP contribution in [0.5, 0.6) is 0 Å². The number of hydrogen-bond acceptors (Lipinski definition) is 3. The fraction of sp³-hybridized carbons (Fsp3) is 0. The number of anilines is 5. The zero-order valence-corrected chi connectivity index (χ0v) is 24.8. The van der Waals surface area contributed by atoms with E-state index in [4.69, 9.17) is 4.42 Å². The van der Waals surface area contributed by atoms with Crippen molar-refractivity contribution < 1.29 is 4.42 Å². The van der Waals surface area contributed by atoms with Crippen molar-refractivity contribution in [3.63, 3.8) is 0 Å². The van der Waals surface area contributed by atoms with Gasteiger partial charge in [-0.25, -0.2) is 0 Å². The van der Waals surface area contributed by atoms with Gasteiger partial charge in [0, 0.05) is 55.9 Å². The van der Waals surface area contributed by atoms with Crippen LogP contribution in [0.15, 0.2) is 156 Å². The summed E-state index contributed by atoms with van der Waals surface area (Å²) in [4.78, 5) is 5.06. The Kier molecular flexibility index (Phi) is 4.66. The lowest BCUT2D eigenvalue weighted by Gasteiger charge is -2.49. The summed E-state index contributed by atoms with van der Waals surface area (Å²) < 4.78 is 6.50. The van der Waals surface area contributed by atoms with Crippen LogP contribution in [0.4, 0.5) is 28.4 Å². The van der Waals surface area contributed by atoms with Gasteiger partial charge in [0.2, 0.25) is 0 Å². The third-order valence-electron chi connectivity index (χ3n) is 10.2. The molecule has 3 aliphatic heterocycles. The molecule has 0 fully saturated rings. The van der Waals surface area contributed by atoms with Crippen molar-refractivity contribution >= 4 is 68.1 Å². The first kappa shape index (κ1) is 24.3. The van der Waals surface area contributed by atoms with Crippen molar-refractivity contribution in [3.05, 3.63) is 152 Å². The molecule has 0 atom stereocenters. The Balaban J connectivity index is 1.22. The molecule has 0 radical (unpaired) electrons. The van der Waals surface area contributed by atoms with Crippen molar-refractivity contribution in [2.75, 3.05) is 9.71 Å². The predicted octanol–water partition coefficient (Wildman–Crippen LogP) is 9.94. The molecule has 0 saturated carbocycles. The minimum absolute atomic E-state index is 0.0735. The van der Waals surface area contributed by atoms with Crippen LogP contribution in [-0.4, -0.2) is 6.85 Å². The summed E-state index contributed by atoms with van der Waals surface area (Å²) in [5.41, 5.74) is 18.1. The standard InChI is InChI=1S/C42H25BN2O/c1-2-11-27(12-3-1)44-37-20-9-16-31-29-13-4-6-19-35(29)45-36-24-23-26(25-34(36)32-17-10-21-38(44)41(32)43(45)40(31)37)28-15-8-18-33-30-14-5-7-22-39(30)46-42(28)33/h1-25H. The molecule has 4 heteroatoms. The molecule has 8 aromatic rings. The van der Waals surface area contributed by atoms with E-state index >= 15 is 0 Å². The van der Waals surface area contributed by atoms with E-state index in [1.807, 2.05) is 6.07 Å². The normalized spacial score (nSPS) is 13.5. The maximum Gasteiger partial charge on any atom is 0.333 e. The lowest BCUT2D eigenvalue weighted by Crippen LogP contribution is -2.63. The van der Waals surface area contributed by atoms with Gasteiger partial charge in [0.25, 0.3) is 0 Å². The molecule has 0 N–H and O–H groups in total. The Labute approximate surface area is 266 Å². The summed E-state index contributed by atoms with van der Waals surface area (Å²) >= 11 is 0. The van der Waals surface area contributed by atoms with Gasteiger partial charge < -0.3 is 14.1 Å². The van der Waals surface area contributed by atoms with Crippen molar-refractivity contribution in [2.45, 2.75) is 0 Å². The summed E-state index contributed by atoms with van der Waals surface area (Å²) in [6, 6.07) is 55.2. The van der Waals surface area contributed by atoms with Crippen LogP contribution in [0.2, 0.25) is 0 Å². The highest BCUT2D eigenvalue weighted by molar-refractivity contribution is 6.95. The molecular weight excluding hydrogens is 559 g/mol. The molecule has 1 aromatic heterocycles. The lowest BCUT2D eigenvalue weighted by atomic mass is 9.41. The molecule has 4 heterocycles. The first-order chi connectivity index (χ1) is 22.8. The average molecular weight is 584 g/mol. The van der Waals surface area contributed by atoms with Crippen molar-refractivity contribution in [1.82, 2.24) is 0 Å². The van der Waals surface area contributed by atoms with Crippen LogP contribution in [-0.2, 0) is 0 Å². The largest absolute Gasteiger partial charge is 0.455 e. The SMILES string of the molecule is c1ccc(N2c3cccc4c3B3c5c(cccc52)-c2cc(-c5cccc6c5oc5ccccc56)ccc2N3c2ccccc2-4)cc1. The number of fused-ring (bicyclic) bond motifs is 9. The minimum Gasteiger partial charge on any atom is -0.455 e. The van der Waals surface area contributed by atoms with E-state index in [0.717, 1.165) is 33.1 Å². The smallest absolute Gasteiger partial charge is 0.333 e. The Hall–Kier alpha value is -6.00. The zero-order valence-electron chi connectivity index (χ0n) is 24.8. The van der Waals surface area contributed by atoms with Gasteiger partial charge in [0.15, 0.2) is 0 Å². The van der Waals surface area contributed by atoms with E-state index in [1.165, 1.54) is 61.6 Å². The van der Waals surface area contributed by atoms with E-state index in [1.54, 1.807) is 0 Å². The van der Waals surface area contributed by atoms with E-state index in [9.17, 15) is 0 Å². The average Bonchev–Trinajstić information content (AvgIpc) is 3.51. The van der Waals surface area contributed by atoms with Gasteiger partial charge in [-0.15, -0.1) is 0 Å². The summed E-state index contributed by atoms with van der Waals surface area (Å²) in [5, 5.41) is 2.30. The summed E-state index contributed by atoms with van der Waals surface area (Å²) in [6.07, 6.45) is 0. The Morgan fingerprint density at radius 3 is 1.89 bits per heavy atom. The Morgan fingerprint density at radius 2 is 1.04 bits per heavy atom. The second-order valence-corrected chi connectivity index (χ2v) is 12.4. The van der Waals surface area contributed by atoms with Crippen molar-refractivity contribution in [3.8, 4) is 33.4 Å². The second-order valence-electron chi connectivity index (χ2n) is 12.4. The fourth-order valence-electron chi connectivity index (χ4n) is 8.35. The third-order valence-corrected chi connectivity index (χ3v) is 10.2. The molecule has 11 rings (SSSR count). The minimum atomic E-state index is 0.0735. The first-order valence-corrected chi connectivity index (χ1v) is 15.9. The third kappa shape index (κ3) is 3.03. The van der Waals surface area contributed by atoms with Crippen LogP contribution in [0, 0.1) is 0 Å². The molecule has 0 spiro atoms. The van der Waals surface area contributed by atoms with Crippen LogP contribution < -0.4 is 20.6 Å². The Bertz CT molecular complexity index is 2570. The number of hydrogen-bond donors (Lipinski definition) is 0. The summed E-state index contributed by atoms with van der Waals surface area (Å²) in [6.45, 7) is 0.0735. The van der Waals surface area contributed by atoms with Crippen molar-refractivity contribution in [1.29, 1.82) is 0 Å². The molecule has 0 saturated heterocycles. The summed E-state index contributed by atoms with van der Waals surface area (Å²) in [5.74, 6) is 0. The number of furan rings is 1. The molecule has 46 heavy (non-hydrogen) atoms. The van der Waals surface area contributed by atoms with Gasteiger partial charge in [0.1, 0.15) is 11.2 Å². The van der Waals surface area contributed by atoms with Gasteiger partial charge in [-0.2, -0.15) is 0 Å².